The Labute approximate surface area is 74.1 Å². The molecular formula is C9H18N2O. The smallest absolute Gasteiger partial charge is 0.133 e. The number of hydrogen-bond acceptors (Lipinski definition) is 3. The van der Waals surface area contributed by atoms with Crippen molar-refractivity contribution in [1.82, 2.24) is 10.2 Å². The highest BCUT2D eigenvalue weighted by atomic mass is 16.1. The molecule has 0 amide bonds. The fraction of sp³-hybridized carbons (Fsp3) is 0.889. The molecule has 0 spiro atoms. The number of carbonyl (C=O) groups is 1. The molecule has 0 unspecified atom stereocenters. The molecule has 0 aliphatic carbocycles. The van der Waals surface area contributed by atoms with Crippen molar-refractivity contribution in [3.05, 3.63) is 0 Å². The van der Waals surface area contributed by atoms with Gasteiger partial charge in [-0.3, -0.25) is 0 Å². The van der Waals surface area contributed by atoms with Crippen LogP contribution in [0.3, 0.4) is 0 Å². The maximum atomic E-state index is 10.2. The van der Waals surface area contributed by atoms with Gasteiger partial charge in [-0.05, 0) is 39.9 Å². The molecule has 0 radical (unpaired) electrons. The first-order chi connectivity index (χ1) is 5.66. The molecule has 1 aliphatic rings. The first-order valence-electron chi connectivity index (χ1n) is 4.53. The van der Waals surface area contributed by atoms with E-state index in [-0.39, 0.29) is 5.54 Å². The number of nitrogens with zero attached hydrogens (tertiary/aromatic N) is 1. The van der Waals surface area contributed by atoms with E-state index in [1.165, 1.54) is 0 Å². The van der Waals surface area contributed by atoms with Gasteiger partial charge in [0.05, 0.1) is 6.54 Å². The van der Waals surface area contributed by atoms with E-state index >= 15 is 0 Å². The van der Waals surface area contributed by atoms with Gasteiger partial charge in [0, 0.05) is 5.54 Å². The van der Waals surface area contributed by atoms with Crippen molar-refractivity contribution in [2.45, 2.75) is 25.3 Å². The van der Waals surface area contributed by atoms with E-state index in [1.54, 1.807) is 0 Å². The zero-order valence-corrected chi connectivity index (χ0v) is 7.97. The van der Waals surface area contributed by atoms with E-state index in [4.69, 9.17) is 0 Å². The number of carbonyl (C=O) groups excluding carboxylic acids is 1. The highest BCUT2D eigenvalue weighted by Gasteiger charge is 2.27. The lowest BCUT2D eigenvalue weighted by Gasteiger charge is -2.38. The summed E-state index contributed by atoms with van der Waals surface area (Å²) in [5.41, 5.74) is 0.188. The molecule has 1 fully saturated rings. The molecule has 1 rings (SSSR count). The minimum Gasteiger partial charge on any atom is -0.306 e. The van der Waals surface area contributed by atoms with Gasteiger partial charge in [-0.1, -0.05) is 0 Å². The molecule has 1 aliphatic heterocycles. The lowest BCUT2D eigenvalue weighted by atomic mass is 9.90. The Morgan fingerprint density at radius 1 is 1.50 bits per heavy atom. The standard InChI is InChI=1S/C9H18N2O/c1-9(10-5-8-12)3-6-11(2)7-4-9/h8,10H,3-7H2,1-2H3. The normalized spacial score (nSPS) is 23.8. The highest BCUT2D eigenvalue weighted by Crippen LogP contribution is 2.19. The van der Waals surface area contributed by atoms with Crippen LogP contribution in [0.15, 0.2) is 0 Å². The van der Waals surface area contributed by atoms with Crippen molar-refractivity contribution in [1.29, 1.82) is 0 Å². The Balaban J connectivity index is 2.33. The maximum absolute atomic E-state index is 10.2. The van der Waals surface area contributed by atoms with Crippen molar-refractivity contribution in [3.63, 3.8) is 0 Å². The molecule has 0 atom stereocenters. The molecule has 0 aromatic carbocycles. The number of rotatable bonds is 3. The van der Waals surface area contributed by atoms with Crippen LogP contribution in [0.2, 0.25) is 0 Å². The fourth-order valence-electron chi connectivity index (χ4n) is 1.58. The summed E-state index contributed by atoms with van der Waals surface area (Å²) in [6.07, 6.45) is 3.21. The van der Waals surface area contributed by atoms with Gasteiger partial charge in [-0.25, -0.2) is 0 Å². The molecule has 0 aromatic heterocycles. The van der Waals surface area contributed by atoms with Gasteiger partial charge in [0.2, 0.25) is 0 Å². The minimum atomic E-state index is 0.188. The third-order valence-electron chi connectivity index (χ3n) is 2.70. The molecule has 70 valence electrons. The molecule has 12 heavy (non-hydrogen) atoms. The predicted molar refractivity (Wildman–Crippen MR) is 49.2 cm³/mol. The number of aldehydes is 1. The van der Waals surface area contributed by atoms with Gasteiger partial charge < -0.3 is 15.0 Å². The summed E-state index contributed by atoms with van der Waals surface area (Å²) in [7, 11) is 2.14. The largest absolute Gasteiger partial charge is 0.306 e. The van der Waals surface area contributed by atoms with Gasteiger partial charge >= 0.3 is 0 Å². The van der Waals surface area contributed by atoms with E-state index in [9.17, 15) is 4.79 Å². The minimum absolute atomic E-state index is 0.188. The van der Waals surface area contributed by atoms with E-state index in [0.717, 1.165) is 32.2 Å². The van der Waals surface area contributed by atoms with Crippen LogP contribution in [-0.4, -0.2) is 43.4 Å². The second-order valence-corrected chi connectivity index (χ2v) is 3.91. The summed E-state index contributed by atoms with van der Waals surface area (Å²) < 4.78 is 0. The lowest BCUT2D eigenvalue weighted by molar-refractivity contribution is -0.107. The third-order valence-corrected chi connectivity index (χ3v) is 2.70. The van der Waals surface area contributed by atoms with Crippen LogP contribution in [-0.2, 0) is 4.79 Å². The number of nitrogens with one attached hydrogen (secondary N) is 1. The third kappa shape index (κ3) is 2.57. The van der Waals surface area contributed by atoms with E-state index in [0.29, 0.717) is 6.54 Å². The number of hydrogen-bond donors (Lipinski definition) is 1. The van der Waals surface area contributed by atoms with Crippen molar-refractivity contribution in [2.24, 2.45) is 0 Å². The predicted octanol–water partition coefficient (Wildman–Crippen LogP) is 0.259. The van der Waals surface area contributed by atoms with Crippen molar-refractivity contribution in [2.75, 3.05) is 26.7 Å². The summed E-state index contributed by atoms with van der Waals surface area (Å²) in [4.78, 5) is 12.5. The number of likely N-dealkylation sites (tertiary alicyclic amines) is 1. The van der Waals surface area contributed by atoms with E-state index in [2.05, 4.69) is 24.2 Å². The molecule has 0 bridgehead atoms. The highest BCUT2D eigenvalue weighted by molar-refractivity contribution is 5.52. The summed E-state index contributed by atoms with van der Waals surface area (Å²) in [5.74, 6) is 0. The summed E-state index contributed by atoms with van der Waals surface area (Å²) in [5, 5.41) is 3.27. The van der Waals surface area contributed by atoms with Crippen LogP contribution in [0.5, 0.6) is 0 Å². The fourth-order valence-corrected chi connectivity index (χ4v) is 1.58. The van der Waals surface area contributed by atoms with Crippen LogP contribution >= 0.6 is 0 Å². The molecule has 1 N–H and O–H groups in total. The SMILES string of the molecule is CN1CCC(C)(NCC=O)CC1. The molecular weight excluding hydrogens is 152 g/mol. The Morgan fingerprint density at radius 2 is 2.08 bits per heavy atom. The first kappa shape index (κ1) is 9.68. The summed E-state index contributed by atoms with van der Waals surface area (Å²) in [6, 6.07) is 0. The Hall–Kier alpha value is -0.410. The quantitative estimate of drug-likeness (QED) is 0.617. The van der Waals surface area contributed by atoms with Crippen molar-refractivity contribution in [3.8, 4) is 0 Å². The monoisotopic (exact) mass is 170 g/mol. The average molecular weight is 170 g/mol. The Kier molecular flexibility index (Phi) is 3.23. The molecule has 1 saturated heterocycles. The van der Waals surface area contributed by atoms with Gasteiger partial charge in [0.1, 0.15) is 6.29 Å². The molecule has 1 heterocycles. The van der Waals surface area contributed by atoms with Gasteiger partial charge in [-0.15, -0.1) is 0 Å². The zero-order valence-electron chi connectivity index (χ0n) is 7.97. The Morgan fingerprint density at radius 3 is 2.58 bits per heavy atom. The molecule has 3 nitrogen and oxygen atoms in total. The van der Waals surface area contributed by atoms with Crippen LogP contribution in [0.1, 0.15) is 19.8 Å². The van der Waals surface area contributed by atoms with Crippen LogP contribution < -0.4 is 5.32 Å². The lowest BCUT2D eigenvalue weighted by Crippen LogP contribution is -2.50. The average Bonchev–Trinajstić information content (AvgIpc) is 2.08. The van der Waals surface area contributed by atoms with Crippen LogP contribution in [0.4, 0.5) is 0 Å². The van der Waals surface area contributed by atoms with Crippen molar-refractivity contribution >= 4 is 6.29 Å². The van der Waals surface area contributed by atoms with E-state index in [1.807, 2.05) is 0 Å². The van der Waals surface area contributed by atoms with Gasteiger partial charge in [-0.2, -0.15) is 0 Å². The maximum Gasteiger partial charge on any atom is 0.133 e. The number of piperidine rings is 1. The molecule has 3 heteroatoms. The first-order valence-corrected chi connectivity index (χ1v) is 4.53. The molecule has 0 saturated carbocycles. The summed E-state index contributed by atoms with van der Waals surface area (Å²) >= 11 is 0. The van der Waals surface area contributed by atoms with Crippen LogP contribution in [0, 0.1) is 0 Å². The van der Waals surface area contributed by atoms with Crippen LogP contribution in [0.25, 0.3) is 0 Å². The van der Waals surface area contributed by atoms with Gasteiger partial charge in [0.15, 0.2) is 0 Å². The zero-order chi connectivity index (χ0) is 9.03. The van der Waals surface area contributed by atoms with E-state index < -0.39 is 0 Å². The summed E-state index contributed by atoms with van der Waals surface area (Å²) in [6.45, 7) is 4.94. The Bertz CT molecular complexity index is 151. The second-order valence-electron chi connectivity index (χ2n) is 3.91. The second kappa shape index (κ2) is 4.01. The van der Waals surface area contributed by atoms with Gasteiger partial charge in [0.25, 0.3) is 0 Å². The van der Waals surface area contributed by atoms with Crippen molar-refractivity contribution < 1.29 is 4.79 Å². The topological polar surface area (TPSA) is 32.3 Å². The molecule has 0 aromatic rings.